The summed E-state index contributed by atoms with van der Waals surface area (Å²) in [5.41, 5.74) is 0.0900. The van der Waals surface area contributed by atoms with Crippen molar-refractivity contribution in [1.82, 2.24) is 0 Å². The van der Waals surface area contributed by atoms with Gasteiger partial charge in [0.05, 0.1) is 24.2 Å². The van der Waals surface area contributed by atoms with Crippen molar-refractivity contribution in [2.75, 3.05) is 24.7 Å². The average Bonchev–Trinajstić information content (AvgIpc) is 3.71. The van der Waals surface area contributed by atoms with E-state index in [2.05, 4.69) is 4.99 Å². The van der Waals surface area contributed by atoms with E-state index in [4.69, 9.17) is 18.9 Å². The second-order valence-electron chi connectivity index (χ2n) is 14.1. The second kappa shape index (κ2) is 13.3. The topological polar surface area (TPSA) is 215 Å². The van der Waals surface area contributed by atoms with Crippen LogP contribution in [-0.2, 0) is 22.6 Å². The van der Waals surface area contributed by atoms with Crippen LogP contribution in [0.4, 0.5) is 5.69 Å². The van der Waals surface area contributed by atoms with Gasteiger partial charge in [-0.2, -0.15) is 0 Å². The van der Waals surface area contributed by atoms with Gasteiger partial charge in [0.25, 0.3) is 0 Å². The minimum absolute atomic E-state index is 0.0864. The number of ether oxygens (including phenoxy) is 1. The first-order valence-electron chi connectivity index (χ1n) is 16.8. The first kappa shape index (κ1) is 35.6. The van der Waals surface area contributed by atoms with Crippen LogP contribution in [0.3, 0.4) is 0 Å². The molecule has 5 unspecified atom stereocenters. The standard InChI is InChI=1S/C38H40N2O12/c1-19-10-29(44)26-11-22-12-31(37(2,3)51-34(22)32(35(26)50-19)40-15-21-8-9-39-27(21)16-40)52-49-18-38(48,36(47)33(46)30(45)17-41)14-20-4-7-28(43)24-6-5-23(42)13-25(20)24/h4-11,13,16,30-31,33,36,41-43,45-48H,12,14-15,17-18H2,1-3H3. The van der Waals surface area contributed by atoms with Gasteiger partial charge < -0.3 is 49.8 Å². The SMILES string of the molecule is Cc1cc(=O)c2cc3c(c(N4C=C5N=CC=C5C4)c2o1)OC(C)(C)C(OOCC(O)(Cc1ccc(O)c2ccc(O)cc12)C(O)C(O)C(O)CO)C3. The monoisotopic (exact) mass is 716 g/mol. The Bertz CT molecular complexity index is 2210. The number of aliphatic hydroxyl groups excluding tert-OH is 4. The molecule has 7 N–H and O–H groups in total. The number of nitrogens with zero attached hydrogens (tertiary/aromatic N) is 2. The predicted molar refractivity (Wildman–Crippen MR) is 189 cm³/mol. The van der Waals surface area contributed by atoms with Gasteiger partial charge in [-0.05, 0) is 68.1 Å². The summed E-state index contributed by atoms with van der Waals surface area (Å²) in [5, 5.41) is 75.0. The van der Waals surface area contributed by atoms with E-state index >= 15 is 0 Å². The van der Waals surface area contributed by atoms with E-state index < -0.39 is 55.3 Å². The van der Waals surface area contributed by atoms with Gasteiger partial charge in [-0.15, -0.1) is 0 Å². The summed E-state index contributed by atoms with van der Waals surface area (Å²) in [6.07, 6.45) is -1.38. The van der Waals surface area contributed by atoms with Crippen molar-refractivity contribution >= 4 is 33.6 Å². The number of rotatable bonds is 11. The van der Waals surface area contributed by atoms with Crippen molar-refractivity contribution in [2.45, 2.75) is 69.2 Å². The first-order valence-corrected chi connectivity index (χ1v) is 16.8. The molecule has 4 aromatic rings. The highest BCUT2D eigenvalue weighted by Gasteiger charge is 2.46. The van der Waals surface area contributed by atoms with E-state index in [1.807, 2.05) is 17.2 Å². The number of fused-ring (bicyclic) bond motifs is 4. The minimum atomic E-state index is -2.35. The molecule has 5 atom stereocenters. The summed E-state index contributed by atoms with van der Waals surface area (Å²) in [5.74, 6) is 0.730. The summed E-state index contributed by atoms with van der Waals surface area (Å²) in [6.45, 7) is 4.11. The Morgan fingerprint density at radius 3 is 2.62 bits per heavy atom. The van der Waals surface area contributed by atoms with Crippen LogP contribution < -0.4 is 15.1 Å². The third kappa shape index (κ3) is 6.32. The number of phenols is 2. The number of aromatic hydroxyl groups is 2. The Labute approximate surface area is 297 Å². The molecule has 3 aliphatic heterocycles. The van der Waals surface area contributed by atoms with Crippen molar-refractivity contribution in [3.8, 4) is 17.2 Å². The Balaban J connectivity index is 1.19. The quantitative estimate of drug-likeness (QED) is 0.0879. The number of phenolic OH excluding ortho intramolecular Hbond substituents is 2. The van der Waals surface area contributed by atoms with E-state index in [9.17, 15) is 40.5 Å². The number of allylic oxidation sites excluding steroid dienone is 1. The normalized spacial score (nSPS) is 20.5. The number of benzene rings is 3. The highest BCUT2D eigenvalue weighted by molar-refractivity contribution is 5.96. The summed E-state index contributed by atoms with van der Waals surface area (Å²) >= 11 is 0. The fourth-order valence-electron chi connectivity index (χ4n) is 6.98. The van der Waals surface area contributed by atoms with Crippen molar-refractivity contribution in [1.29, 1.82) is 0 Å². The third-order valence-corrected chi connectivity index (χ3v) is 9.93. The average molecular weight is 717 g/mol. The van der Waals surface area contributed by atoms with Crippen molar-refractivity contribution in [2.24, 2.45) is 4.99 Å². The third-order valence-electron chi connectivity index (χ3n) is 9.93. The van der Waals surface area contributed by atoms with Gasteiger partial charge in [-0.3, -0.25) is 9.79 Å². The highest BCUT2D eigenvalue weighted by Crippen LogP contribution is 2.47. The molecule has 274 valence electrons. The number of aliphatic hydroxyl groups is 5. The molecule has 14 heteroatoms. The molecule has 14 nitrogen and oxygen atoms in total. The lowest BCUT2D eigenvalue weighted by Crippen LogP contribution is -2.57. The molecule has 3 aromatic carbocycles. The molecule has 7 rings (SSSR count). The molecule has 0 saturated carbocycles. The predicted octanol–water partition coefficient (Wildman–Crippen LogP) is 2.42. The molecule has 0 bridgehead atoms. The van der Waals surface area contributed by atoms with Gasteiger partial charge in [-0.1, -0.05) is 6.07 Å². The Kier molecular flexibility index (Phi) is 9.11. The molecule has 0 fully saturated rings. The number of hydrogen-bond donors (Lipinski definition) is 7. The maximum Gasteiger partial charge on any atom is 0.193 e. The summed E-state index contributed by atoms with van der Waals surface area (Å²) < 4.78 is 12.7. The Morgan fingerprint density at radius 2 is 1.87 bits per heavy atom. The van der Waals surface area contributed by atoms with Crippen LogP contribution in [-0.4, -0.2) is 97.3 Å². The fraction of sp³-hybridized carbons (Fsp3) is 0.368. The zero-order valence-electron chi connectivity index (χ0n) is 28.7. The van der Waals surface area contributed by atoms with Gasteiger partial charge in [0, 0.05) is 47.8 Å². The van der Waals surface area contributed by atoms with Crippen LogP contribution in [0.15, 0.2) is 80.2 Å². The smallest absolute Gasteiger partial charge is 0.193 e. The van der Waals surface area contributed by atoms with Crippen LogP contribution in [0.5, 0.6) is 17.2 Å². The largest absolute Gasteiger partial charge is 0.508 e. The van der Waals surface area contributed by atoms with E-state index in [-0.39, 0.29) is 23.3 Å². The molecule has 52 heavy (non-hydrogen) atoms. The molecule has 0 saturated heterocycles. The van der Waals surface area contributed by atoms with E-state index in [0.29, 0.717) is 56.6 Å². The fourth-order valence-corrected chi connectivity index (χ4v) is 6.98. The van der Waals surface area contributed by atoms with Crippen LogP contribution >= 0.6 is 0 Å². The second-order valence-corrected chi connectivity index (χ2v) is 14.1. The zero-order chi connectivity index (χ0) is 37.1. The van der Waals surface area contributed by atoms with Gasteiger partial charge in [-0.25, -0.2) is 9.78 Å². The number of aryl methyl sites for hydroxylation is 1. The van der Waals surface area contributed by atoms with Crippen LogP contribution in [0, 0.1) is 6.92 Å². The van der Waals surface area contributed by atoms with Crippen molar-refractivity contribution in [3.05, 3.63) is 93.1 Å². The Morgan fingerprint density at radius 1 is 1.08 bits per heavy atom. The molecular weight excluding hydrogens is 676 g/mol. The summed E-state index contributed by atoms with van der Waals surface area (Å²) in [6, 6.07) is 10.2. The van der Waals surface area contributed by atoms with Gasteiger partial charge in [0.15, 0.2) is 16.8 Å². The zero-order valence-corrected chi connectivity index (χ0v) is 28.7. The highest BCUT2D eigenvalue weighted by atomic mass is 17.2. The summed E-state index contributed by atoms with van der Waals surface area (Å²) in [7, 11) is 0. The van der Waals surface area contributed by atoms with Crippen molar-refractivity contribution in [3.63, 3.8) is 0 Å². The molecule has 4 heterocycles. The van der Waals surface area contributed by atoms with Crippen LogP contribution in [0.2, 0.25) is 0 Å². The van der Waals surface area contributed by atoms with Gasteiger partial charge in [0.2, 0.25) is 0 Å². The van der Waals surface area contributed by atoms with E-state index in [0.717, 1.165) is 11.3 Å². The van der Waals surface area contributed by atoms with Gasteiger partial charge >= 0.3 is 0 Å². The van der Waals surface area contributed by atoms with Crippen LogP contribution in [0.25, 0.3) is 21.7 Å². The molecule has 0 aliphatic carbocycles. The molecule has 0 amide bonds. The lowest BCUT2D eigenvalue weighted by Gasteiger charge is -2.41. The minimum Gasteiger partial charge on any atom is -0.508 e. The first-order chi connectivity index (χ1) is 24.7. The molecule has 0 spiro atoms. The maximum atomic E-state index is 13.2. The molecule has 1 aromatic heterocycles. The number of anilines is 1. The van der Waals surface area contributed by atoms with Gasteiger partial charge in [0.1, 0.15) is 65.2 Å². The number of hydrogen-bond acceptors (Lipinski definition) is 14. The van der Waals surface area contributed by atoms with Crippen molar-refractivity contribution < 1.29 is 54.7 Å². The number of aliphatic imine (C=N–C) groups is 1. The molecule has 0 radical (unpaired) electrons. The maximum absolute atomic E-state index is 13.2. The lowest BCUT2D eigenvalue weighted by atomic mass is 9.84. The lowest BCUT2D eigenvalue weighted by molar-refractivity contribution is -0.369. The molecular formula is C38H40N2O12. The summed E-state index contributed by atoms with van der Waals surface area (Å²) in [4.78, 5) is 31.1. The van der Waals surface area contributed by atoms with E-state index in [1.54, 1.807) is 33.1 Å². The van der Waals surface area contributed by atoms with E-state index in [1.165, 1.54) is 36.4 Å². The van der Waals surface area contributed by atoms with Crippen LogP contribution in [0.1, 0.15) is 30.7 Å². The molecule has 3 aliphatic rings. The Hall–Kier alpha value is -4.80.